The maximum atomic E-state index is 12.9. The minimum Gasteiger partial charge on any atom is -0.393 e. The summed E-state index contributed by atoms with van der Waals surface area (Å²) in [6.45, 7) is 6.11. The van der Waals surface area contributed by atoms with E-state index in [4.69, 9.17) is 20.4 Å². The Bertz CT molecular complexity index is 1490. The number of aliphatic hydroxyl groups excluding tert-OH is 1. The van der Waals surface area contributed by atoms with Crippen LogP contribution in [0.15, 0.2) is 36.7 Å². The van der Waals surface area contributed by atoms with E-state index in [1.165, 1.54) is 0 Å². The lowest BCUT2D eigenvalue weighted by molar-refractivity contribution is -0.132. The lowest BCUT2D eigenvalue weighted by Gasteiger charge is -2.29. The first-order valence-corrected chi connectivity index (χ1v) is 14.0. The third-order valence-electron chi connectivity index (χ3n) is 7.35. The summed E-state index contributed by atoms with van der Waals surface area (Å²) in [5, 5.41) is 9.78. The number of aliphatic hydroxyl groups is 1. The molecule has 10 nitrogen and oxygen atoms in total. The molecule has 2 aliphatic heterocycles. The van der Waals surface area contributed by atoms with Crippen molar-refractivity contribution < 1.29 is 14.6 Å². The highest BCUT2D eigenvalue weighted by Gasteiger charge is 2.24. The number of carbonyl (C=O) groups excluding carboxylic acids is 1. The van der Waals surface area contributed by atoms with Crippen molar-refractivity contribution in [3.05, 3.63) is 47.8 Å². The Hall–Kier alpha value is -3.67. The predicted molar refractivity (Wildman–Crippen MR) is 152 cm³/mol. The second kappa shape index (κ2) is 10.8. The molecule has 1 amide bonds. The number of nitrogen functional groups attached to an aromatic ring is 1. The van der Waals surface area contributed by atoms with Gasteiger partial charge in [0.1, 0.15) is 0 Å². The van der Waals surface area contributed by atoms with E-state index < -0.39 is 0 Å². The Kier molecular flexibility index (Phi) is 7.11. The number of nitrogens with two attached hydrogens (primary N) is 1. The highest BCUT2D eigenvalue weighted by Crippen LogP contribution is 2.42. The number of carbonyl (C=O) groups is 1. The molecule has 39 heavy (non-hydrogen) atoms. The van der Waals surface area contributed by atoms with Gasteiger partial charge in [-0.15, -0.1) is 11.3 Å². The van der Waals surface area contributed by atoms with E-state index in [9.17, 15) is 9.90 Å². The van der Waals surface area contributed by atoms with Crippen molar-refractivity contribution in [2.75, 3.05) is 50.0 Å². The summed E-state index contributed by atoms with van der Waals surface area (Å²) in [7, 11) is 0. The second-order valence-corrected chi connectivity index (χ2v) is 11.0. The number of ether oxygens (including phenoxy) is 1. The van der Waals surface area contributed by atoms with Crippen molar-refractivity contribution in [3.8, 4) is 21.8 Å². The van der Waals surface area contributed by atoms with Crippen LogP contribution in [0.1, 0.15) is 24.0 Å². The van der Waals surface area contributed by atoms with Gasteiger partial charge in [0.15, 0.2) is 11.6 Å². The number of thiophene rings is 1. The summed E-state index contributed by atoms with van der Waals surface area (Å²) < 4.78 is 6.62. The Labute approximate surface area is 230 Å². The van der Waals surface area contributed by atoms with Gasteiger partial charge < -0.3 is 25.4 Å². The first-order chi connectivity index (χ1) is 19.0. The smallest absolute Gasteiger partial charge is 0.226 e. The average molecular weight is 546 g/mol. The average Bonchev–Trinajstić information content (AvgIpc) is 3.30. The highest BCUT2D eigenvalue weighted by molar-refractivity contribution is 7.23. The molecule has 5 heterocycles. The number of fused-ring (bicyclic) bond motifs is 1. The summed E-state index contributed by atoms with van der Waals surface area (Å²) in [5.41, 5.74) is 10.4. The fourth-order valence-corrected chi connectivity index (χ4v) is 6.40. The van der Waals surface area contributed by atoms with Gasteiger partial charge in [-0.3, -0.25) is 4.79 Å². The molecule has 0 aliphatic carbocycles. The number of hydrogen-bond acceptors (Lipinski definition) is 10. The molecule has 3 aromatic heterocycles. The van der Waals surface area contributed by atoms with Crippen molar-refractivity contribution in [1.82, 2.24) is 24.8 Å². The van der Waals surface area contributed by atoms with Gasteiger partial charge in [-0.2, -0.15) is 0 Å². The van der Waals surface area contributed by atoms with E-state index >= 15 is 0 Å². The number of amides is 1. The largest absolute Gasteiger partial charge is 0.393 e. The normalized spacial score (nSPS) is 16.7. The number of aryl methyl sites for hydroxylation is 1. The van der Waals surface area contributed by atoms with Gasteiger partial charge in [-0.1, -0.05) is 18.2 Å². The zero-order chi connectivity index (χ0) is 26.9. The molecule has 2 aliphatic rings. The number of benzene rings is 1. The molecule has 4 aromatic rings. The molecule has 6 rings (SSSR count). The van der Waals surface area contributed by atoms with E-state index in [-0.39, 0.29) is 18.0 Å². The van der Waals surface area contributed by atoms with E-state index in [0.717, 1.165) is 50.7 Å². The van der Waals surface area contributed by atoms with Gasteiger partial charge in [0.05, 0.1) is 41.5 Å². The van der Waals surface area contributed by atoms with Crippen LogP contribution in [0.3, 0.4) is 0 Å². The molecule has 0 radical (unpaired) electrons. The summed E-state index contributed by atoms with van der Waals surface area (Å²) >= 11 is 1.68. The van der Waals surface area contributed by atoms with Gasteiger partial charge in [-0.05, 0) is 42.5 Å². The maximum Gasteiger partial charge on any atom is 0.226 e. The maximum absolute atomic E-state index is 12.9. The van der Waals surface area contributed by atoms with Gasteiger partial charge in [0.25, 0.3) is 0 Å². The van der Waals surface area contributed by atoms with Crippen molar-refractivity contribution in [2.45, 2.75) is 32.3 Å². The van der Waals surface area contributed by atoms with Crippen molar-refractivity contribution in [2.24, 2.45) is 0 Å². The summed E-state index contributed by atoms with van der Waals surface area (Å²) in [6, 6.07) is 8.19. The Morgan fingerprint density at radius 1 is 1.10 bits per heavy atom. The Morgan fingerprint density at radius 2 is 1.85 bits per heavy atom. The molecule has 3 N–H and O–H groups in total. The molecular weight excluding hydrogens is 514 g/mol. The zero-order valence-corrected chi connectivity index (χ0v) is 22.7. The first kappa shape index (κ1) is 25.6. The zero-order valence-electron chi connectivity index (χ0n) is 21.8. The minimum atomic E-state index is -0.299. The molecule has 0 atom stereocenters. The Balaban J connectivity index is 1.37. The highest BCUT2D eigenvalue weighted by atomic mass is 32.1. The molecule has 1 aromatic carbocycles. The van der Waals surface area contributed by atoms with E-state index in [0.29, 0.717) is 57.0 Å². The molecule has 0 saturated carbocycles. The van der Waals surface area contributed by atoms with Crippen LogP contribution >= 0.6 is 11.3 Å². The van der Waals surface area contributed by atoms with Gasteiger partial charge in [-0.25, -0.2) is 19.9 Å². The number of anilines is 2. The van der Waals surface area contributed by atoms with E-state index in [2.05, 4.69) is 33.9 Å². The molecule has 0 unspecified atom stereocenters. The van der Waals surface area contributed by atoms with Crippen LogP contribution in [0.4, 0.5) is 11.8 Å². The van der Waals surface area contributed by atoms with E-state index in [1.54, 1.807) is 23.7 Å². The number of piperidine rings is 1. The van der Waals surface area contributed by atoms with Crippen LogP contribution in [0.5, 0.6) is 0 Å². The van der Waals surface area contributed by atoms with Crippen LogP contribution in [0.25, 0.3) is 32.0 Å². The lowest BCUT2D eigenvalue weighted by Crippen LogP contribution is -2.40. The monoisotopic (exact) mass is 545 g/mol. The lowest BCUT2D eigenvalue weighted by atomic mass is 10.0. The molecule has 0 spiro atoms. The second-order valence-electron chi connectivity index (χ2n) is 10.0. The molecule has 2 saturated heterocycles. The molecule has 2 fully saturated rings. The van der Waals surface area contributed by atoms with Crippen LogP contribution < -0.4 is 10.6 Å². The van der Waals surface area contributed by atoms with Gasteiger partial charge in [0.2, 0.25) is 11.9 Å². The molecule has 202 valence electrons. The minimum absolute atomic E-state index is 0.0999. The van der Waals surface area contributed by atoms with Gasteiger partial charge in [0, 0.05) is 43.4 Å². The molecule has 11 heteroatoms. The Morgan fingerprint density at radius 3 is 2.59 bits per heavy atom. The third kappa shape index (κ3) is 5.29. The molecular formula is C28H31N7O3S. The number of likely N-dealkylation sites (tertiary alicyclic amines) is 1. The fourth-order valence-electron chi connectivity index (χ4n) is 5.14. The molecule has 0 bridgehead atoms. The van der Waals surface area contributed by atoms with Crippen LogP contribution in [0, 0.1) is 6.92 Å². The van der Waals surface area contributed by atoms with Crippen molar-refractivity contribution in [1.29, 1.82) is 0 Å². The van der Waals surface area contributed by atoms with Crippen LogP contribution in [0.2, 0.25) is 0 Å². The standard InChI is InChI=1S/C28H31N7O3S/c1-17-23-25(27(35-9-11-38-12-10-35)33-26(32-23)20-15-30-28(29)31-16-20)39-24(17)19-4-2-3-18(13-19)14-22(37)34-7-5-21(36)6-8-34/h2-4,13,15-16,21,36H,5-12,14H2,1H3,(H2,29,30,31). The number of nitrogens with zero attached hydrogens (tertiary/aromatic N) is 6. The number of aromatic nitrogens is 4. The SMILES string of the molecule is Cc1c(-c2cccc(CC(=O)N3CCC(O)CC3)c2)sc2c(N3CCOCC3)nc(-c3cnc(N)nc3)nc12. The number of morpholine rings is 1. The van der Waals surface area contributed by atoms with Crippen LogP contribution in [-0.4, -0.2) is 81.3 Å². The summed E-state index contributed by atoms with van der Waals surface area (Å²) in [6.07, 6.45) is 4.63. The van der Waals surface area contributed by atoms with Gasteiger partial charge >= 0.3 is 0 Å². The third-order valence-corrected chi connectivity index (χ3v) is 8.68. The quantitative estimate of drug-likeness (QED) is 0.388. The van der Waals surface area contributed by atoms with Crippen molar-refractivity contribution in [3.63, 3.8) is 0 Å². The number of rotatable bonds is 5. The number of hydrogen-bond donors (Lipinski definition) is 2. The topological polar surface area (TPSA) is 131 Å². The predicted octanol–water partition coefficient (Wildman–Crippen LogP) is 3.07. The summed E-state index contributed by atoms with van der Waals surface area (Å²) in [4.78, 5) is 36.3. The first-order valence-electron chi connectivity index (χ1n) is 13.2. The van der Waals surface area contributed by atoms with Crippen molar-refractivity contribution >= 4 is 39.2 Å². The summed E-state index contributed by atoms with van der Waals surface area (Å²) in [5.74, 6) is 1.75. The fraction of sp³-hybridized carbons (Fsp3) is 0.393. The van der Waals surface area contributed by atoms with Crippen LogP contribution in [-0.2, 0) is 16.0 Å². The van der Waals surface area contributed by atoms with E-state index in [1.807, 2.05) is 17.0 Å².